The first kappa shape index (κ1) is 16.5. The van der Waals surface area contributed by atoms with Crippen molar-refractivity contribution >= 4 is 54.8 Å². The molecule has 112 valence electrons. The summed E-state index contributed by atoms with van der Waals surface area (Å²) in [6, 6.07) is 6.62. The predicted molar refractivity (Wildman–Crippen MR) is 86.1 cm³/mol. The van der Waals surface area contributed by atoms with Gasteiger partial charge in [0.2, 0.25) is 0 Å². The van der Waals surface area contributed by atoms with Gasteiger partial charge in [-0.2, -0.15) is 0 Å². The van der Waals surface area contributed by atoms with E-state index in [1.54, 1.807) is 6.92 Å². The molecule has 0 radical (unpaired) electrons. The van der Waals surface area contributed by atoms with Gasteiger partial charge in [0.1, 0.15) is 10.7 Å². The van der Waals surface area contributed by atoms with Crippen LogP contribution in [0.2, 0.25) is 10.0 Å². The average Bonchev–Trinajstić information content (AvgIpc) is 2.37. The van der Waals surface area contributed by atoms with Gasteiger partial charge in [0, 0.05) is 5.02 Å². The summed E-state index contributed by atoms with van der Waals surface area (Å²) in [6.45, 7) is 1.66. The SMILES string of the molecule is Cc1cc(S(=O)(=O)Nc2ccc(Br)c(F)c2)c(Cl)cc1Cl. The minimum Gasteiger partial charge on any atom is -0.279 e. The van der Waals surface area contributed by atoms with Gasteiger partial charge in [-0.1, -0.05) is 23.2 Å². The average molecular weight is 413 g/mol. The van der Waals surface area contributed by atoms with E-state index in [-0.39, 0.29) is 20.1 Å². The fourth-order valence-electron chi connectivity index (χ4n) is 1.61. The Morgan fingerprint density at radius 1 is 1.14 bits per heavy atom. The molecular formula is C13H9BrCl2FNO2S. The van der Waals surface area contributed by atoms with Crippen molar-refractivity contribution in [3.05, 3.63) is 56.2 Å². The lowest BCUT2D eigenvalue weighted by Crippen LogP contribution is -2.14. The molecule has 2 aromatic carbocycles. The fraction of sp³-hybridized carbons (Fsp3) is 0.0769. The minimum atomic E-state index is -3.94. The van der Waals surface area contributed by atoms with Crippen LogP contribution in [0.5, 0.6) is 0 Å². The zero-order valence-corrected chi connectivity index (χ0v) is 14.5. The third kappa shape index (κ3) is 3.69. The molecule has 0 aliphatic carbocycles. The highest BCUT2D eigenvalue weighted by molar-refractivity contribution is 9.10. The summed E-state index contributed by atoms with van der Waals surface area (Å²) in [5.41, 5.74) is 0.669. The molecule has 0 atom stereocenters. The summed E-state index contributed by atoms with van der Waals surface area (Å²) in [5.74, 6) is -0.575. The lowest BCUT2D eigenvalue weighted by Gasteiger charge is -2.11. The standard InChI is InChI=1S/C13H9BrCl2FNO2S/c1-7-4-13(11(16)6-10(7)15)21(19,20)18-8-2-3-9(14)12(17)5-8/h2-6,18H,1H3. The van der Waals surface area contributed by atoms with Gasteiger partial charge < -0.3 is 0 Å². The number of hydrogen-bond donors (Lipinski definition) is 1. The molecular weight excluding hydrogens is 404 g/mol. The van der Waals surface area contributed by atoms with Gasteiger partial charge in [-0.05, 0) is 58.7 Å². The molecule has 0 heterocycles. The van der Waals surface area contributed by atoms with Crippen LogP contribution in [0.4, 0.5) is 10.1 Å². The smallest absolute Gasteiger partial charge is 0.263 e. The van der Waals surface area contributed by atoms with Gasteiger partial charge >= 0.3 is 0 Å². The number of anilines is 1. The van der Waals surface area contributed by atoms with Crippen LogP contribution in [-0.2, 0) is 10.0 Å². The number of benzene rings is 2. The van der Waals surface area contributed by atoms with Crippen LogP contribution < -0.4 is 4.72 Å². The molecule has 0 unspecified atom stereocenters. The van der Waals surface area contributed by atoms with Crippen LogP contribution in [0.1, 0.15) is 5.56 Å². The lowest BCUT2D eigenvalue weighted by atomic mass is 10.2. The molecule has 3 nitrogen and oxygen atoms in total. The number of halogens is 4. The molecule has 0 saturated heterocycles. The molecule has 21 heavy (non-hydrogen) atoms. The van der Waals surface area contributed by atoms with Crippen LogP contribution in [0.3, 0.4) is 0 Å². The van der Waals surface area contributed by atoms with Crippen molar-refractivity contribution < 1.29 is 12.8 Å². The summed E-state index contributed by atoms with van der Waals surface area (Å²) in [5, 5.41) is 0.365. The molecule has 0 aliphatic rings. The van der Waals surface area contributed by atoms with Gasteiger partial charge in [-0.3, -0.25) is 4.72 Å². The van der Waals surface area contributed by atoms with Gasteiger partial charge in [0.05, 0.1) is 15.2 Å². The third-order valence-electron chi connectivity index (χ3n) is 2.67. The Morgan fingerprint density at radius 3 is 2.43 bits per heavy atom. The summed E-state index contributed by atoms with van der Waals surface area (Å²) < 4.78 is 40.6. The number of sulfonamides is 1. The van der Waals surface area contributed by atoms with Crippen LogP contribution in [-0.4, -0.2) is 8.42 Å². The largest absolute Gasteiger partial charge is 0.279 e. The van der Waals surface area contributed by atoms with Gasteiger partial charge in [0.25, 0.3) is 10.0 Å². The van der Waals surface area contributed by atoms with E-state index >= 15 is 0 Å². The topological polar surface area (TPSA) is 46.2 Å². The predicted octanol–water partition coefficient (Wildman–Crippen LogP) is 5.00. The first-order chi connectivity index (χ1) is 9.70. The first-order valence-electron chi connectivity index (χ1n) is 5.64. The van der Waals surface area contributed by atoms with Crippen molar-refractivity contribution in [3.8, 4) is 0 Å². The normalized spacial score (nSPS) is 11.5. The number of nitrogens with one attached hydrogen (secondary N) is 1. The highest BCUT2D eigenvalue weighted by Gasteiger charge is 2.20. The van der Waals surface area contributed by atoms with Crippen LogP contribution in [0.25, 0.3) is 0 Å². The number of rotatable bonds is 3. The van der Waals surface area contributed by atoms with Crippen molar-refractivity contribution in [1.29, 1.82) is 0 Å². The van der Waals surface area contributed by atoms with Crippen LogP contribution in [0.15, 0.2) is 39.7 Å². The molecule has 2 rings (SSSR count). The maximum Gasteiger partial charge on any atom is 0.263 e. The van der Waals surface area contributed by atoms with E-state index in [0.29, 0.717) is 10.6 Å². The molecule has 0 bridgehead atoms. The number of hydrogen-bond acceptors (Lipinski definition) is 2. The fourth-order valence-corrected chi connectivity index (χ4v) is 3.74. The van der Waals surface area contributed by atoms with Crippen molar-refractivity contribution in [3.63, 3.8) is 0 Å². The monoisotopic (exact) mass is 411 g/mol. The first-order valence-corrected chi connectivity index (χ1v) is 8.67. The summed E-state index contributed by atoms with van der Waals surface area (Å²) in [4.78, 5) is -0.116. The van der Waals surface area contributed by atoms with E-state index in [4.69, 9.17) is 23.2 Å². The van der Waals surface area contributed by atoms with Crippen molar-refractivity contribution in [2.45, 2.75) is 11.8 Å². The van der Waals surface area contributed by atoms with Crippen LogP contribution in [0, 0.1) is 12.7 Å². The highest BCUT2D eigenvalue weighted by atomic mass is 79.9. The molecule has 0 saturated carbocycles. The maximum atomic E-state index is 13.4. The van der Waals surface area contributed by atoms with Gasteiger partial charge in [0.15, 0.2) is 0 Å². The maximum absolute atomic E-state index is 13.4. The Labute approximate surface area is 140 Å². The van der Waals surface area contributed by atoms with E-state index < -0.39 is 15.8 Å². The number of aryl methyl sites for hydroxylation is 1. The summed E-state index contributed by atoms with van der Waals surface area (Å²) in [7, 11) is -3.94. The van der Waals surface area contributed by atoms with Gasteiger partial charge in [-0.15, -0.1) is 0 Å². The molecule has 2 aromatic rings. The molecule has 0 spiro atoms. The lowest BCUT2D eigenvalue weighted by molar-refractivity contribution is 0.601. The quantitative estimate of drug-likeness (QED) is 0.770. The molecule has 0 fully saturated rings. The molecule has 0 amide bonds. The van der Waals surface area contributed by atoms with E-state index in [0.717, 1.165) is 6.07 Å². The Kier molecular flexibility index (Phi) is 4.82. The second-order valence-corrected chi connectivity index (χ2v) is 7.59. The van der Waals surface area contributed by atoms with Crippen molar-refractivity contribution in [2.24, 2.45) is 0 Å². The third-order valence-corrected chi connectivity index (χ3v) is 5.57. The van der Waals surface area contributed by atoms with E-state index in [9.17, 15) is 12.8 Å². The van der Waals surface area contributed by atoms with E-state index in [2.05, 4.69) is 20.7 Å². The zero-order valence-electron chi connectivity index (χ0n) is 10.6. The Balaban J connectivity index is 2.43. The molecule has 0 aromatic heterocycles. The Morgan fingerprint density at radius 2 is 1.81 bits per heavy atom. The van der Waals surface area contributed by atoms with E-state index in [1.807, 2.05) is 0 Å². The molecule has 1 N–H and O–H groups in total. The zero-order chi connectivity index (χ0) is 15.8. The minimum absolute atomic E-state index is 0.00400. The van der Waals surface area contributed by atoms with Crippen molar-refractivity contribution in [2.75, 3.05) is 4.72 Å². The second kappa shape index (κ2) is 6.12. The Hall–Kier alpha value is -0.820. The van der Waals surface area contributed by atoms with Gasteiger partial charge in [-0.25, -0.2) is 12.8 Å². The second-order valence-electron chi connectivity index (χ2n) is 4.27. The van der Waals surface area contributed by atoms with E-state index in [1.165, 1.54) is 24.3 Å². The van der Waals surface area contributed by atoms with Crippen LogP contribution >= 0.6 is 39.1 Å². The van der Waals surface area contributed by atoms with Crippen molar-refractivity contribution in [1.82, 2.24) is 0 Å². The molecule has 8 heteroatoms. The summed E-state index contributed by atoms with van der Waals surface area (Å²) >= 11 is 14.8. The summed E-state index contributed by atoms with van der Waals surface area (Å²) in [6.07, 6.45) is 0. The highest BCUT2D eigenvalue weighted by Crippen LogP contribution is 2.30. The molecule has 0 aliphatic heterocycles. The Bertz CT molecular complexity index is 812.